The van der Waals surface area contributed by atoms with E-state index in [2.05, 4.69) is 12.2 Å². The van der Waals surface area contributed by atoms with E-state index in [1.54, 1.807) is 0 Å². The van der Waals surface area contributed by atoms with Crippen LogP contribution in [-0.2, 0) is 14.3 Å². The van der Waals surface area contributed by atoms with E-state index in [1.165, 1.54) is 7.11 Å². The Morgan fingerprint density at radius 1 is 1.58 bits per heavy atom. The molecule has 0 radical (unpaired) electrons. The Balaban J connectivity index is 3.04. The number of carbonyl (C=O) groups is 2. The van der Waals surface area contributed by atoms with Gasteiger partial charge in [-0.3, -0.25) is 4.79 Å². The molecule has 1 saturated heterocycles. The highest BCUT2D eigenvalue weighted by Crippen LogP contribution is 2.33. The van der Waals surface area contributed by atoms with Crippen LogP contribution in [0.3, 0.4) is 0 Å². The van der Waals surface area contributed by atoms with Crippen molar-refractivity contribution in [3.8, 4) is 0 Å². The SMILES string of the molecule is C/C=C/[C@@H](CCCC)[C@]1(C(=O)OC)CCCC(=O)N1. The molecule has 0 aliphatic carbocycles. The summed E-state index contributed by atoms with van der Waals surface area (Å²) in [7, 11) is 1.39. The monoisotopic (exact) mass is 267 g/mol. The van der Waals surface area contributed by atoms with Crippen molar-refractivity contribution >= 4 is 11.9 Å². The summed E-state index contributed by atoms with van der Waals surface area (Å²) in [6.07, 6.45) is 8.85. The van der Waals surface area contributed by atoms with E-state index < -0.39 is 5.54 Å². The van der Waals surface area contributed by atoms with Crippen molar-refractivity contribution in [1.29, 1.82) is 0 Å². The number of methoxy groups -OCH3 is 1. The van der Waals surface area contributed by atoms with Crippen molar-refractivity contribution in [3.63, 3.8) is 0 Å². The molecule has 0 bridgehead atoms. The minimum absolute atomic E-state index is 0.00847. The maximum Gasteiger partial charge on any atom is 0.332 e. The highest BCUT2D eigenvalue weighted by molar-refractivity contribution is 5.89. The van der Waals surface area contributed by atoms with Crippen LogP contribution in [0.4, 0.5) is 0 Å². The predicted octanol–water partition coefficient (Wildman–Crippen LogP) is 2.58. The van der Waals surface area contributed by atoms with Crippen molar-refractivity contribution in [3.05, 3.63) is 12.2 Å². The van der Waals surface area contributed by atoms with E-state index in [0.29, 0.717) is 12.8 Å². The Morgan fingerprint density at radius 2 is 2.32 bits per heavy atom. The average molecular weight is 267 g/mol. The van der Waals surface area contributed by atoms with E-state index >= 15 is 0 Å². The van der Waals surface area contributed by atoms with Gasteiger partial charge < -0.3 is 10.1 Å². The van der Waals surface area contributed by atoms with Crippen molar-refractivity contribution in [1.82, 2.24) is 5.32 Å². The zero-order valence-corrected chi connectivity index (χ0v) is 12.2. The van der Waals surface area contributed by atoms with Crippen LogP contribution < -0.4 is 5.32 Å². The fourth-order valence-electron chi connectivity index (χ4n) is 2.83. The van der Waals surface area contributed by atoms with Crippen molar-refractivity contribution < 1.29 is 14.3 Å². The Kier molecular flexibility index (Phi) is 6.06. The van der Waals surface area contributed by atoms with Gasteiger partial charge in [-0.1, -0.05) is 31.9 Å². The van der Waals surface area contributed by atoms with Crippen LogP contribution in [0.5, 0.6) is 0 Å². The Hall–Kier alpha value is -1.32. The molecule has 0 unspecified atom stereocenters. The molecule has 4 nitrogen and oxygen atoms in total. The van der Waals surface area contributed by atoms with Crippen molar-refractivity contribution in [2.45, 2.75) is 57.9 Å². The van der Waals surface area contributed by atoms with Gasteiger partial charge in [0.05, 0.1) is 7.11 Å². The van der Waals surface area contributed by atoms with Gasteiger partial charge in [-0.2, -0.15) is 0 Å². The number of carbonyl (C=O) groups excluding carboxylic acids is 2. The van der Waals surface area contributed by atoms with Crippen LogP contribution in [-0.4, -0.2) is 24.5 Å². The lowest BCUT2D eigenvalue weighted by Gasteiger charge is -2.40. The van der Waals surface area contributed by atoms with Gasteiger partial charge in [0.2, 0.25) is 5.91 Å². The molecule has 1 N–H and O–H groups in total. The summed E-state index contributed by atoms with van der Waals surface area (Å²) in [4.78, 5) is 24.0. The van der Waals surface area contributed by atoms with E-state index in [1.807, 2.05) is 19.1 Å². The zero-order chi connectivity index (χ0) is 14.3. The quantitative estimate of drug-likeness (QED) is 0.594. The number of hydrogen-bond donors (Lipinski definition) is 1. The number of allylic oxidation sites excluding steroid dienone is 1. The molecule has 4 heteroatoms. The molecule has 0 saturated carbocycles. The van der Waals surface area contributed by atoms with Gasteiger partial charge in [0, 0.05) is 12.3 Å². The van der Waals surface area contributed by atoms with Gasteiger partial charge in [-0.15, -0.1) is 0 Å². The molecule has 1 aliphatic rings. The smallest absolute Gasteiger partial charge is 0.332 e. The van der Waals surface area contributed by atoms with Crippen molar-refractivity contribution in [2.24, 2.45) is 5.92 Å². The number of nitrogens with one attached hydrogen (secondary N) is 1. The number of piperidine rings is 1. The van der Waals surface area contributed by atoms with Crippen LogP contribution >= 0.6 is 0 Å². The molecule has 19 heavy (non-hydrogen) atoms. The van der Waals surface area contributed by atoms with Crippen LogP contribution in [0.1, 0.15) is 52.4 Å². The second-order valence-corrected chi connectivity index (χ2v) is 5.14. The fourth-order valence-corrected chi connectivity index (χ4v) is 2.83. The molecule has 1 fully saturated rings. The normalized spacial score (nSPS) is 25.1. The van der Waals surface area contributed by atoms with Crippen LogP contribution in [0, 0.1) is 5.92 Å². The van der Waals surface area contributed by atoms with E-state index in [-0.39, 0.29) is 17.8 Å². The fraction of sp³-hybridized carbons (Fsp3) is 0.733. The first-order valence-electron chi connectivity index (χ1n) is 7.13. The minimum atomic E-state index is -0.869. The topological polar surface area (TPSA) is 55.4 Å². The van der Waals surface area contributed by atoms with Gasteiger partial charge in [0.25, 0.3) is 0 Å². The number of rotatable bonds is 6. The summed E-state index contributed by atoms with van der Waals surface area (Å²) in [5, 5.41) is 2.91. The molecule has 1 heterocycles. The summed E-state index contributed by atoms with van der Waals surface area (Å²) in [5.74, 6) is -0.364. The third-order valence-corrected chi connectivity index (χ3v) is 3.81. The summed E-state index contributed by atoms with van der Waals surface area (Å²) in [6.45, 7) is 4.06. The lowest BCUT2D eigenvalue weighted by molar-refractivity contribution is -0.155. The van der Waals surface area contributed by atoms with Crippen LogP contribution in [0.15, 0.2) is 12.2 Å². The summed E-state index contributed by atoms with van der Waals surface area (Å²) in [6, 6.07) is 0. The highest BCUT2D eigenvalue weighted by atomic mass is 16.5. The maximum absolute atomic E-state index is 12.2. The molecule has 1 aliphatic heterocycles. The first-order chi connectivity index (χ1) is 9.10. The largest absolute Gasteiger partial charge is 0.467 e. The number of hydrogen-bond acceptors (Lipinski definition) is 3. The highest BCUT2D eigenvalue weighted by Gasteiger charge is 2.48. The third kappa shape index (κ3) is 3.58. The van der Waals surface area contributed by atoms with Gasteiger partial charge >= 0.3 is 5.97 Å². The summed E-state index contributed by atoms with van der Waals surface area (Å²) >= 11 is 0. The molecule has 2 atom stereocenters. The second kappa shape index (κ2) is 7.31. The number of unbranched alkanes of at least 4 members (excludes halogenated alkanes) is 1. The Bertz CT molecular complexity index is 351. The molecular formula is C15H25NO3. The first-order valence-corrected chi connectivity index (χ1v) is 7.13. The van der Waals surface area contributed by atoms with Gasteiger partial charge in [0.15, 0.2) is 0 Å². The number of esters is 1. The lowest BCUT2D eigenvalue weighted by Crippen LogP contribution is -2.61. The zero-order valence-electron chi connectivity index (χ0n) is 12.2. The summed E-state index contributed by atoms with van der Waals surface area (Å²) in [5.41, 5.74) is -0.869. The molecule has 0 aromatic carbocycles. The molecule has 0 spiro atoms. The van der Waals surface area contributed by atoms with E-state index in [9.17, 15) is 9.59 Å². The summed E-state index contributed by atoms with van der Waals surface area (Å²) < 4.78 is 4.96. The Labute approximate surface area is 115 Å². The third-order valence-electron chi connectivity index (χ3n) is 3.81. The molecule has 1 rings (SSSR count). The van der Waals surface area contributed by atoms with Gasteiger partial charge in [-0.25, -0.2) is 4.79 Å². The van der Waals surface area contributed by atoms with E-state index in [0.717, 1.165) is 25.7 Å². The van der Waals surface area contributed by atoms with Crippen molar-refractivity contribution in [2.75, 3.05) is 7.11 Å². The van der Waals surface area contributed by atoms with Gasteiger partial charge in [0.1, 0.15) is 5.54 Å². The average Bonchev–Trinajstić information content (AvgIpc) is 2.42. The minimum Gasteiger partial charge on any atom is -0.467 e. The van der Waals surface area contributed by atoms with Crippen LogP contribution in [0.25, 0.3) is 0 Å². The molecule has 0 aromatic heterocycles. The predicted molar refractivity (Wildman–Crippen MR) is 74.6 cm³/mol. The van der Waals surface area contributed by atoms with Crippen LogP contribution in [0.2, 0.25) is 0 Å². The molecule has 0 aromatic rings. The maximum atomic E-state index is 12.2. The first kappa shape index (κ1) is 15.7. The number of ether oxygens (including phenoxy) is 1. The number of amides is 1. The Morgan fingerprint density at radius 3 is 2.84 bits per heavy atom. The second-order valence-electron chi connectivity index (χ2n) is 5.14. The standard InChI is InChI=1S/C15H25NO3/c1-4-6-9-12(8-5-2)15(14(18)19-3)11-7-10-13(17)16-15/h5,8,12H,4,6-7,9-11H2,1-3H3,(H,16,17)/b8-5+/t12-,15-/m0/s1. The molecule has 1 amide bonds. The molecular weight excluding hydrogens is 242 g/mol. The molecule has 108 valence electrons. The lowest BCUT2D eigenvalue weighted by atomic mass is 9.74. The van der Waals surface area contributed by atoms with E-state index in [4.69, 9.17) is 4.74 Å². The van der Waals surface area contributed by atoms with Gasteiger partial charge in [-0.05, 0) is 26.2 Å².